The predicted octanol–water partition coefficient (Wildman–Crippen LogP) is 3.52. The van der Waals surface area contributed by atoms with Gasteiger partial charge in [0.15, 0.2) is 0 Å². The van der Waals surface area contributed by atoms with Gasteiger partial charge in [0.1, 0.15) is 0 Å². The summed E-state index contributed by atoms with van der Waals surface area (Å²) in [6, 6.07) is 16.1. The third-order valence-electron chi connectivity index (χ3n) is 5.04. The second kappa shape index (κ2) is 8.23. The quantitative estimate of drug-likeness (QED) is 0.790. The van der Waals surface area contributed by atoms with Crippen molar-refractivity contribution in [1.82, 2.24) is 9.21 Å². The zero-order valence-electron chi connectivity index (χ0n) is 15.8. The van der Waals surface area contributed by atoms with E-state index in [0.717, 1.165) is 24.8 Å². The Morgan fingerprint density at radius 2 is 1.85 bits per heavy atom. The van der Waals surface area contributed by atoms with E-state index in [-0.39, 0.29) is 16.8 Å². The molecule has 0 aromatic heterocycles. The lowest BCUT2D eigenvalue weighted by Gasteiger charge is -2.32. The van der Waals surface area contributed by atoms with Crippen LogP contribution in [0.15, 0.2) is 59.5 Å². The van der Waals surface area contributed by atoms with Crippen LogP contribution in [0.3, 0.4) is 0 Å². The maximum atomic E-state index is 13.0. The summed E-state index contributed by atoms with van der Waals surface area (Å²) < 4.78 is 27.6. The van der Waals surface area contributed by atoms with Crippen LogP contribution in [-0.4, -0.2) is 43.2 Å². The largest absolute Gasteiger partial charge is 0.337 e. The highest BCUT2D eigenvalue weighted by Gasteiger charge is 2.31. The second-order valence-corrected chi connectivity index (χ2v) is 9.03. The third kappa shape index (κ3) is 4.39. The van der Waals surface area contributed by atoms with Crippen LogP contribution in [0.4, 0.5) is 0 Å². The summed E-state index contributed by atoms with van der Waals surface area (Å²) in [6.45, 7) is 2.95. The van der Waals surface area contributed by atoms with Crippen molar-refractivity contribution < 1.29 is 13.2 Å². The molecule has 27 heavy (non-hydrogen) atoms. The first-order chi connectivity index (χ1) is 12.9. The standard InChI is InChI=1S/C21H26N2O3S/c1-17-9-6-7-14-23(17)27(25,26)20-13-8-12-19(15-20)21(24)22(2)16-18-10-4-3-5-11-18/h3-5,8,10-13,15,17H,6-7,9,14,16H2,1-2H3. The van der Waals surface area contributed by atoms with Crippen LogP contribution in [0.2, 0.25) is 0 Å². The summed E-state index contributed by atoms with van der Waals surface area (Å²) in [5.74, 6) is -0.192. The Hall–Kier alpha value is -2.18. The van der Waals surface area contributed by atoms with Crippen LogP contribution in [0.25, 0.3) is 0 Å². The van der Waals surface area contributed by atoms with Crippen molar-refractivity contribution in [1.29, 1.82) is 0 Å². The molecule has 144 valence electrons. The first kappa shape index (κ1) is 19.6. The van der Waals surface area contributed by atoms with Gasteiger partial charge in [0, 0.05) is 31.7 Å². The lowest BCUT2D eigenvalue weighted by atomic mass is 10.1. The molecule has 1 aliphatic rings. The molecule has 1 heterocycles. The molecule has 1 unspecified atom stereocenters. The van der Waals surface area contributed by atoms with E-state index in [2.05, 4.69) is 0 Å². The zero-order chi connectivity index (χ0) is 19.4. The van der Waals surface area contributed by atoms with E-state index in [0.29, 0.717) is 18.7 Å². The molecule has 1 atom stereocenters. The van der Waals surface area contributed by atoms with Crippen LogP contribution in [0.1, 0.15) is 42.1 Å². The van der Waals surface area contributed by atoms with Gasteiger partial charge in [-0.1, -0.05) is 42.8 Å². The SMILES string of the molecule is CC1CCCCN1S(=O)(=O)c1cccc(C(=O)N(C)Cc2ccccc2)c1. The number of piperidine rings is 1. The van der Waals surface area contributed by atoms with Crippen molar-refractivity contribution in [3.63, 3.8) is 0 Å². The highest BCUT2D eigenvalue weighted by atomic mass is 32.2. The summed E-state index contributed by atoms with van der Waals surface area (Å²) in [4.78, 5) is 14.6. The number of hydrogen-bond donors (Lipinski definition) is 0. The minimum absolute atomic E-state index is 0.0103. The normalized spacial score (nSPS) is 18.2. The third-order valence-corrected chi connectivity index (χ3v) is 7.05. The van der Waals surface area contributed by atoms with Gasteiger partial charge in [-0.3, -0.25) is 4.79 Å². The van der Waals surface area contributed by atoms with E-state index in [4.69, 9.17) is 0 Å². The number of rotatable bonds is 5. The molecule has 2 aromatic rings. The van der Waals surface area contributed by atoms with Gasteiger partial charge in [-0.05, 0) is 43.5 Å². The fourth-order valence-corrected chi connectivity index (χ4v) is 5.25. The molecule has 0 aliphatic carbocycles. The molecule has 1 amide bonds. The van der Waals surface area contributed by atoms with Gasteiger partial charge in [0.05, 0.1) is 4.90 Å². The van der Waals surface area contributed by atoms with Gasteiger partial charge in [-0.25, -0.2) is 8.42 Å². The summed E-state index contributed by atoms with van der Waals surface area (Å²) in [6.07, 6.45) is 2.80. The van der Waals surface area contributed by atoms with E-state index >= 15 is 0 Å². The molecular formula is C21H26N2O3S. The molecule has 0 bridgehead atoms. The monoisotopic (exact) mass is 386 g/mol. The van der Waals surface area contributed by atoms with Gasteiger partial charge >= 0.3 is 0 Å². The second-order valence-electron chi connectivity index (χ2n) is 7.14. The molecule has 3 rings (SSSR count). The van der Waals surface area contributed by atoms with Crippen LogP contribution < -0.4 is 0 Å². The topological polar surface area (TPSA) is 57.7 Å². The fourth-order valence-electron chi connectivity index (χ4n) is 3.50. The van der Waals surface area contributed by atoms with Crippen LogP contribution in [0, 0.1) is 0 Å². The predicted molar refractivity (Wildman–Crippen MR) is 106 cm³/mol. The maximum absolute atomic E-state index is 13.0. The van der Waals surface area contributed by atoms with Crippen molar-refractivity contribution in [3.05, 3.63) is 65.7 Å². The van der Waals surface area contributed by atoms with Gasteiger partial charge in [-0.15, -0.1) is 0 Å². The molecule has 0 radical (unpaired) electrons. The Morgan fingerprint density at radius 1 is 1.11 bits per heavy atom. The van der Waals surface area contributed by atoms with E-state index < -0.39 is 10.0 Å². The van der Waals surface area contributed by atoms with Crippen molar-refractivity contribution in [3.8, 4) is 0 Å². The Kier molecular flexibility index (Phi) is 5.97. The molecule has 0 N–H and O–H groups in total. The number of carbonyl (C=O) groups excluding carboxylic acids is 1. The Balaban J connectivity index is 1.81. The van der Waals surface area contributed by atoms with Gasteiger partial charge < -0.3 is 4.90 Å². The summed E-state index contributed by atoms with van der Waals surface area (Å²) >= 11 is 0. The van der Waals surface area contributed by atoms with E-state index in [9.17, 15) is 13.2 Å². The van der Waals surface area contributed by atoms with E-state index in [1.807, 2.05) is 37.3 Å². The first-order valence-electron chi connectivity index (χ1n) is 9.31. The summed E-state index contributed by atoms with van der Waals surface area (Å²) in [7, 11) is -1.86. The average molecular weight is 387 g/mol. The number of sulfonamides is 1. The van der Waals surface area contributed by atoms with Gasteiger partial charge in [0.25, 0.3) is 5.91 Å². The number of nitrogens with zero attached hydrogens (tertiary/aromatic N) is 2. The molecule has 0 spiro atoms. The van der Waals surface area contributed by atoms with Gasteiger partial charge in [-0.2, -0.15) is 4.31 Å². The molecule has 2 aromatic carbocycles. The minimum Gasteiger partial charge on any atom is -0.337 e. The average Bonchev–Trinajstić information content (AvgIpc) is 2.68. The molecule has 1 aliphatic heterocycles. The highest BCUT2D eigenvalue weighted by molar-refractivity contribution is 7.89. The van der Waals surface area contributed by atoms with Crippen molar-refractivity contribution in [2.45, 2.75) is 43.7 Å². The number of benzene rings is 2. The Morgan fingerprint density at radius 3 is 2.56 bits per heavy atom. The molecule has 6 heteroatoms. The molecule has 0 saturated carbocycles. The number of carbonyl (C=O) groups is 1. The lowest BCUT2D eigenvalue weighted by molar-refractivity contribution is 0.0785. The van der Waals surface area contributed by atoms with E-state index in [1.54, 1.807) is 34.5 Å². The van der Waals surface area contributed by atoms with Crippen molar-refractivity contribution in [2.75, 3.05) is 13.6 Å². The van der Waals surface area contributed by atoms with Gasteiger partial charge in [0.2, 0.25) is 10.0 Å². The molecule has 1 fully saturated rings. The van der Waals surface area contributed by atoms with Crippen molar-refractivity contribution >= 4 is 15.9 Å². The first-order valence-corrected chi connectivity index (χ1v) is 10.7. The molecular weight excluding hydrogens is 360 g/mol. The van der Waals surface area contributed by atoms with E-state index in [1.165, 1.54) is 6.07 Å². The number of amides is 1. The lowest BCUT2D eigenvalue weighted by Crippen LogP contribution is -2.42. The van der Waals surface area contributed by atoms with Crippen LogP contribution >= 0.6 is 0 Å². The summed E-state index contributed by atoms with van der Waals surface area (Å²) in [5, 5.41) is 0. The fraction of sp³-hybridized carbons (Fsp3) is 0.381. The Bertz CT molecular complexity index is 897. The molecule has 1 saturated heterocycles. The number of hydrogen-bond acceptors (Lipinski definition) is 3. The minimum atomic E-state index is -3.59. The summed E-state index contributed by atoms with van der Waals surface area (Å²) in [5.41, 5.74) is 1.42. The highest BCUT2D eigenvalue weighted by Crippen LogP contribution is 2.25. The molecule has 5 nitrogen and oxygen atoms in total. The smallest absolute Gasteiger partial charge is 0.253 e. The van der Waals surface area contributed by atoms with Crippen molar-refractivity contribution in [2.24, 2.45) is 0 Å². The van der Waals surface area contributed by atoms with Crippen LogP contribution in [-0.2, 0) is 16.6 Å². The Labute approximate surface area is 161 Å². The van der Waals surface area contributed by atoms with Crippen LogP contribution in [0.5, 0.6) is 0 Å². The zero-order valence-corrected chi connectivity index (χ0v) is 16.7. The maximum Gasteiger partial charge on any atom is 0.253 e.